The first-order valence-electron chi connectivity index (χ1n) is 9.28. The summed E-state index contributed by atoms with van der Waals surface area (Å²) in [5, 5.41) is 3.82. The minimum Gasteiger partial charge on any atom is -0.464 e. The molecular weight excluding hydrogens is 330 g/mol. The SMILES string of the molecule is CC[C@H]1CCCCN1CC(=O)Nc1c(C(=O)OC)[nH]c2cccc(C)c12. The van der Waals surface area contributed by atoms with Crippen molar-refractivity contribution in [1.29, 1.82) is 0 Å². The number of methoxy groups -OCH3 is 1. The second kappa shape index (κ2) is 7.91. The predicted molar refractivity (Wildman–Crippen MR) is 103 cm³/mol. The zero-order valence-corrected chi connectivity index (χ0v) is 15.7. The number of anilines is 1. The van der Waals surface area contributed by atoms with Gasteiger partial charge in [0.1, 0.15) is 5.69 Å². The maximum atomic E-state index is 12.7. The van der Waals surface area contributed by atoms with Gasteiger partial charge in [-0.2, -0.15) is 0 Å². The highest BCUT2D eigenvalue weighted by Crippen LogP contribution is 2.31. The molecule has 26 heavy (non-hydrogen) atoms. The minimum atomic E-state index is -0.486. The fourth-order valence-electron chi connectivity index (χ4n) is 3.90. The molecule has 0 aliphatic carbocycles. The van der Waals surface area contributed by atoms with E-state index >= 15 is 0 Å². The number of benzene rings is 1. The lowest BCUT2D eigenvalue weighted by Gasteiger charge is -2.34. The number of amides is 1. The van der Waals surface area contributed by atoms with E-state index in [9.17, 15) is 9.59 Å². The number of ether oxygens (including phenoxy) is 1. The van der Waals surface area contributed by atoms with Gasteiger partial charge in [-0.25, -0.2) is 4.79 Å². The van der Waals surface area contributed by atoms with Crippen LogP contribution in [0.15, 0.2) is 18.2 Å². The molecule has 1 aromatic carbocycles. The van der Waals surface area contributed by atoms with Crippen molar-refractivity contribution in [2.75, 3.05) is 25.5 Å². The van der Waals surface area contributed by atoms with Crippen LogP contribution in [0.1, 0.15) is 48.7 Å². The van der Waals surface area contributed by atoms with Gasteiger partial charge in [-0.1, -0.05) is 25.5 Å². The summed E-state index contributed by atoms with van der Waals surface area (Å²) in [5.41, 5.74) is 2.61. The van der Waals surface area contributed by atoms with Gasteiger partial charge >= 0.3 is 5.97 Å². The quantitative estimate of drug-likeness (QED) is 0.804. The van der Waals surface area contributed by atoms with Crippen LogP contribution in [-0.4, -0.2) is 48.0 Å². The molecule has 0 unspecified atom stereocenters. The van der Waals surface area contributed by atoms with E-state index in [0.717, 1.165) is 42.3 Å². The van der Waals surface area contributed by atoms with Crippen LogP contribution >= 0.6 is 0 Å². The summed E-state index contributed by atoms with van der Waals surface area (Å²) in [4.78, 5) is 30.2. The second-order valence-corrected chi connectivity index (χ2v) is 6.94. The van der Waals surface area contributed by atoms with E-state index in [-0.39, 0.29) is 11.6 Å². The van der Waals surface area contributed by atoms with Crippen LogP contribution in [-0.2, 0) is 9.53 Å². The largest absolute Gasteiger partial charge is 0.464 e. The molecule has 2 heterocycles. The van der Waals surface area contributed by atoms with Crippen molar-refractivity contribution in [2.45, 2.75) is 45.6 Å². The Kier molecular flexibility index (Phi) is 5.61. The molecule has 1 aromatic heterocycles. The number of hydrogen-bond donors (Lipinski definition) is 2. The van der Waals surface area contributed by atoms with Crippen molar-refractivity contribution in [3.8, 4) is 0 Å². The second-order valence-electron chi connectivity index (χ2n) is 6.94. The lowest BCUT2D eigenvalue weighted by molar-refractivity contribution is -0.118. The number of esters is 1. The number of piperidine rings is 1. The maximum Gasteiger partial charge on any atom is 0.356 e. The molecule has 0 radical (unpaired) electrons. The van der Waals surface area contributed by atoms with Crippen molar-refractivity contribution in [2.24, 2.45) is 0 Å². The van der Waals surface area contributed by atoms with Crippen LogP contribution < -0.4 is 5.32 Å². The summed E-state index contributed by atoms with van der Waals surface area (Å²) < 4.78 is 4.88. The number of hydrogen-bond acceptors (Lipinski definition) is 4. The third-order valence-electron chi connectivity index (χ3n) is 5.25. The highest BCUT2D eigenvalue weighted by molar-refractivity contribution is 6.12. The Morgan fingerprint density at radius 1 is 1.35 bits per heavy atom. The number of fused-ring (bicyclic) bond motifs is 1. The number of carbonyl (C=O) groups is 2. The zero-order valence-electron chi connectivity index (χ0n) is 15.7. The van der Waals surface area contributed by atoms with Crippen molar-refractivity contribution in [1.82, 2.24) is 9.88 Å². The molecule has 0 bridgehead atoms. The Balaban J connectivity index is 1.87. The summed E-state index contributed by atoms with van der Waals surface area (Å²) in [6.07, 6.45) is 4.55. The molecule has 1 fully saturated rings. The van der Waals surface area contributed by atoms with Gasteiger partial charge in [0.25, 0.3) is 0 Å². The average molecular weight is 357 g/mol. The zero-order chi connectivity index (χ0) is 18.7. The fourth-order valence-corrected chi connectivity index (χ4v) is 3.90. The van der Waals surface area contributed by atoms with Gasteiger partial charge in [-0.15, -0.1) is 0 Å². The highest BCUT2D eigenvalue weighted by Gasteiger charge is 2.25. The summed E-state index contributed by atoms with van der Waals surface area (Å²) in [6, 6.07) is 6.23. The van der Waals surface area contributed by atoms with Crippen LogP contribution in [0.25, 0.3) is 10.9 Å². The Hall–Kier alpha value is -2.34. The van der Waals surface area contributed by atoms with Crippen LogP contribution in [0.5, 0.6) is 0 Å². The van der Waals surface area contributed by atoms with E-state index in [1.165, 1.54) is 13.5 Å². The molecular formula is C20H27N3O3. The van der Waals surface area contributed by atoms with Gasteiger partial charge in [-0.05, 0) is 44.4 Å². The van der Waals surface area contributed by atoms with Gasteiger partial charge in [0.15, 0.2) is 0 Å². The topological polar surface area (TPSA) is 74.4 Å². The Labute approximate surface area is 153 Å². The van der Waals surface area contributed by atoms with Crippen LogP contribution in [0, 0.1) is 6.92 Å². The van der Waals surface area contributed by atoms with Crippen LogP contribution in [0.4, 0.5) is 5.69 Å². The average Bonchev–Trinajstić information content (AvgIpc) is 3.01. The smallest absolute Gasteiger partial charge is 0.356 e. The number of carbonyl (C=O) groups excluding carboxylic acids is 2. The molecule has 1 amide bonds. The van der Waals surface area contributed by atoms with Crippen LogP contribution in [0.2, 0.25) is 0 Å². The van der Waals surface area contributed by atoms with E-state index in [1.54, 1.807) is 0 Å². The number of likely N-dealkylation sites (tertiary alicyclic amines) is 1. The number of aromatic amines is 1. The van der Waals surface area contributed by atoms with E-state index in [0.29, 0.717) is 18.3 Å². The monoisotopic (exact) mass is 357 g/mol. The molecule has 2 N–H and O–H groups in total. The third kappa shape index (κ3) is 3.60. The summed E-state index contributed by atoms with van der Waals surface area (Å²) >= 11 is 0. The third-order valence-corrected chi connectivity index (χ3v) is 5.25. The molecule has 1 saturated heterocycles. The standard InChI is InChI=1S/C20H27N3O3/c1-4-14-9-5-6-11-23(14)12-16(24)22-18-17-13(2)8-7-10-15(17)21-19(18)20(25)26-3/h7-8,10,14,21H,4-6,9,11-12H2,1-3H3,(H,22,24)/t14-/m0/s1. The fraction of sp³-hybridized carbons (Fsp3) is 0.500. The molecule has 1 aliphatic rings. The predicted octanol–water partition coefficient (Wildman–Crippen LogP) is 3.47. The first kappa shape index (κ1) is 18.5. The number of nitrogens with zero attached hydrogens (tertiary/aromatic N) is 1. The molecule has 0 spiro atoms. The lowest BCUT2D eigenvalue weighted by Crippen LogP contribution is -2.43. The summed E-state index contributed by atoms with van der Waals surface area (Å²) in [6.45, 7) is 5.42. The summed E-state index contributed by atoms with van der Waals surface area (Å²) in [5.74, 6) is -0.583. The number of rotatable bonds is 5. The van der Waals surface area contributed by atoms with Crippen molar-refractivity contribution in [3.05, 3.63) is 29.5 Å². The van der Waals surface area contributed by atoms with Crippen molar-refractivity contribution < 1.29 is 14.3 Å². The summed E-state index contributed by atoms with van der Waals surface area (Å²) in [7, 11) is 1.34. The molecule has 6 heteroatoms. The van der Waals surface area contributed by atoms with Gasteiger partial charge in [0.2, 0.25) is 5.91 Å². The Morgan fingerprint density at radius 2 is 2.15 bits per heavy atom. The van der Waals surface area contributed by atoms with Gasteiger partial charge in [-0.3, -0.25) is 9.69 Å². The number of nitrogens with one attached hydrogen (secondary N) is 2. The highest BCUT2D eigenvalue weighted by atomic mass is 16.5. The van der Waals surface area contributed by atoms with Crippen LogP contribution in [0.3, 0.4) is 0 Å². The van der Waals surface area contributed by atoms with E-state index in [4.69, 9.17) is 4.74 Å². The molecule has 1 aliphatic heterocycles. The molecule has 6 nitrogen and oxygen atoms in total. The van der Waals surface area contributed by atoms with Gasteiger partial charge in [0.05, 0.1) is 19.3 Å². The molecule has 140 valence electrons. The maximum absolute atomic E-state index is 12.7. The molecule has 1 atom stereocenters. The van der Waals surface area contributed by atoms with Gasteiger partial charge in [0, 0.05) is 16.9 Å². The normalized spacial score (nSPS) is 18.0. The lowest BCUT2D eigenvalue weighted by atomic mass is 10.00. The molecule has 3 rings (SSSR count). The Bertz CT molecular complexity index is 812. The van der Waals surface area contributed by atoms with E-state index in [2.05, 4.69) is 22.1 Å². The first-order chi connectivity index (χ1) is 12.5. The molecule has 0 saturated carbocycles. The Morgan fingerprint density at radius 3 is 2.88 bits per heavy atom. The minimum absolute atomic E-state index is 0.0975. The van der Waals surface area contributed by atoms with Crippen molar-refractivity contribution in [3.63, 3.8) is 0 Å². The molecule has 2 aromatic rings. The van der Waals surface area contributed by atoms with Gasteiger partial charge < -0.3 is 15.0 Å². The number of aromatic nitrogens is 1. The van der Waals surface area contributed by atoms with E-state index < -0.39 is 5.97 Å². The number of aryl methyl sites for hydroxylation is 1. The van der Waals surface area contributed by atoms with E-state index in [1.807, 2.05) is 25.1 Å². The van der Waals surface area contributed by atoms with Crippen molar-refractivity contribution >= 4 is 28.5 Å². The number of H-pyrrole nitrogens is 1. The first-order valence-corrected chi connectivity index (χ1v) is 9.28.